The third-order valence-corrected chi connectivity index (χ3v) is 6.47. The summed E-state index contributed by atoms with van der Waals surface area (Å²) in [6.07, 6.45) is 0. The van der Waals surface area contributed by atoms with Crippen LogP contribution in [0.25, 0.3) is 10.8 Å². The standard InChI is InChI=1S/C15H9Br3S/c16-12-4-3-9-7-11(2-1-10(9)8-12)15(18)13-5-6-14(17)19-13/h1-8,15H. The van der Waals surface area contributed by atoms with E-state index in [1.807, 2.05) is 0 Å². The molecule has 0 amide bonds. The second kappa shape index (κ2) is 5.68. The highest BCUT2D eigenvalue weighted by molar-refractivity contribution is 9.11. The van der Waals surface area contributed by atoms with Crippen molar-refractivity contribution in [1.82, 2.24) is 0 Å². The van der Waals surface area contributed by atoms with Gasteiger partial charge in [0.25, 0.3) is 0 Å². The monoisotopic (exact) mass is 458 g/mol. The molecule has 0 N–H and O–H groups in total. The van der Waals surface area contributed by atoms with Crippen LogP contribution in [0.5, 0.6) is 0 Å². The normalized spacial score (nSPS) is 12.8. The van der Waals surface area contributed by atoms with Crippen LogP contribution in [0, 0.1) is 0 Å². The zero-order valence-corrected chi connectivity index (χ0v) is 15.3. The maximum absolute atomic E-state index is 3.79. The third kappa shape index (κ3) is 2.97. The van der Waals surface area contributed by atoms with E-state index < -0.39 is 0 Å². The van der Waals surface area contributed by atoms with Crippen LogP contribution in [0.1, 0.15) is 15.3 Å². The molecule has 1 heterocycles. The molecule has 0 fully saturated rings. The lowest BCUT2D eigenvalue weighted by molar-refractivity contribution is 1.23. The molecule has 1 aromatic heterocycles. The predicted octanol–water partition coefficient (Wildman–Crippen LogP) is 6.91. The first-order valence-electron chi connectivity index (χ1n) is 5.72. The van der Waals surface area contributed by atoms with E-state index in [2.05, 4.69) is 96.3 Å². The van der Waals surface area contributed by atoms with Gasteiger partial charge in [0, 0.05) is 9.35 Å². The first-order valence-corrected chi connectivity index (χ1v) is 9.04. The summed E-state index contributed by atoms with van der Waals surface area (Å²) < 4.78 is 2.28. The van der Waals surface area contributed by atoms with Crippen LogP contribution < -0.4 is 0 Å². The zero-order chi connectivity index (χ0) is 13.4. The highest BCUT2D eigenvalue weighted by Gasteiger charge is 2.13. The number of thiophene rings is 1. The molecule has 3 aromatic rings. The van der Waals surface area contributed by atoms with Gasteiger partial charge in [-0.3, -0.25) is 0 Å². The molecule has 19 heavy (non-hydrogen) atoms. The van der Waals surface area contributed by atoms with Gasteiger partial charge in [0.1, 0.15) is 0 Å². The Morgan fingerprint density at radius 2 is 1.58 bits per heavy atom. The third-order valence-electron chi connectivity index (χ3n) is 2.96. The molecule has 0 aliphatic heterocycles. The molecule has 3 rings (SSSR count). The van der Waals surface area contributed by atoms with Gasteiger partial charge in [-0.1, -0.05) is 50.1 Å². The second-order valence-corrected chi connectivity index (χ2v) is 8.58. The van der Waals surface area contributed by atoms with Gasteiger partial charge in [0.15, 0.2) is 0 Å². The summed E-state index contributed by atoms with van der Waals surface area (Å²) in [7, 11) is 0. The number of hydrogen-bond acceptors (Lipinski definition) is 1. The lowest BCUT2D eigenvalue weighted by Gasteiger charge is -2.09. The Kier molecular flexibility index (Phi) is 4.13. The van der Waals surface area contributed by atoms with Gasteiger partial charge in [-0.15, -0.1) is 11.3 Å². The number of halogens is 3. The van der Waals surface area contributed by atoms with Crippen molar-refractivity contribution < 1.29 is 0 Å². The predicted molar refractivity (Wildman–Crippen MR) is 94.4 cm³/mol. The Morgan fingerprint density at radius 1 is 0.842 bits per heavy atom. The molecule has 4 heteroatoms. The minimum absolute atomic E-state index is 0.247. The molecule has 0 nitrogen and oxygen atoms in total. The first-order chi connectivity index (χ1) is 9.13. The lowest BCUT2D eigenvalue weighted by atomic mass is 10.0. The Morgan fingerprint density at radius 3 is 2.32 bits per heavy atom. The van der Waals surface area contributed by atoms with Crippen LogP contribution >= 0.6 is 59.1 Å². The molecule has 0 aliphatic rings. The van der Waals surface area contributed by atoms with E-state index in [0.29, 0.717) is 0 Å². The topological polar surface area (TPSA) is 0 Å². The molecular formula is C15H9Br3S. The quantitative estimate of drug-likeness (QED) is 0.364. The Bertz CT molecular complexity index is 733. The van der Waals surface area contributed by atoms with Crippen molar-refractivity contribution >= 4 is 69.9 Å². The van der Waals surface area contributed by atoms with Gasteiger partial charge >= 0.3 is 0 Å². The van der Waals surface area contributed by atoms with E-state index >= 15 is 0 Å². The van der Waals surface area contributed by atoms with Crippen LogP contribution in [-0.2, 0) is 0 Å². The van der Waals surface area contributed by atoms with E-state index in [1.165, 1.54) is 21.2 Å². The minimum Gasteiger partial charge on any atom is -0.132 e. The van der Waals surface area contributed by atoms with E-state index in [-0.39, 0.29) is 4.83 Å². The van der Waals surface area contributed by atoms with Crippen LogP contribution in [0.2, 0.25) is 0 Å². The molecule has 1 unspecified atom stereocenters. The van der Waals surface area contributed by atoms with Crippen molar-refractivity contribution in [2.45, 2.75) is 4.83 Å². The molecular weight excluding hydrogens is 452 g/mol. The van der Waals surface area contributed by atoms with E-state index in [1.54, 1.807) is 11.3 Å². The lowest BCUT2D eigenvalue weighted by Crippen LogP contribution is -1.89. The van der Waals surface area contributed by atoms with Gasteiger partial charge in [-0.05, 0) is 62.6 Å². The zero-order valence-electron chi connectivity index (χ0n) is 9.74. The van der Waals surface area contributed by atoms with E-state index in [9.17, 15) is 0 Å². The number of benzene rings is 2. The van der Waals surface area contributed by atoms with Crippen molar-refractivity contribution in [3.8, 4) is 0 Å². The minimum atomic E-state index is 0.247. The van der Waals surface area contributed by atoms with Gasteiger partial charge < -0.3 is 0 Å². The maximum atomic E-state index is 3.79. The molecule has 0 saturated carbocycles. The highest BCUT2D eigenvalue weighted by Crippen LogP contribution is 2.38. The number of hydrogen-bond donors (Lipinski definition) is 0. The molecule has 0 saturated heterocycles. The summed E-state index contributed by atoms with van der Waals surface area (Å²) in [5.74, 6) is 0. The van der Waals surface area contributed by atoms with E-state index in [4.69, 9.17) is 0 Å². The average Bonchev–Trinajstić information content (AvgIpc) is 2.84. The summed E-state index contributed by atoms with van der Waals surface area (Å²) in [6.45, 7) is 0. The van der Waals surface area contributed by atoms with Gasteiger partial charge in [0.05, 0.1) is 8.61 Å². The fourth-order valence-electron chi connectivity index (χ4n) is 2.02. The van der Waals surface area contributed by atoms with Crippen molar-refractivity contribution in [2.75, 3.05) is 0 Å². The fraction of sp³-hybridized carbons (Fsp3) is 0.0667. The second-order valence-electron chi connectivity index (χ2n) is 4.26. The molecule has 2 aromatic carbocycles. The van der Waals surface area contributed by atoms with Crippen molar-refractivity contribution in [1.29, 1.82) is 0 Å². The Hall–Kier alpha value is -0.160. The van der Waals surface area contributed by atoms with Gasteiger partial charge in [0.2, 0.25) is 0 Å². The number of alkyl halides is 1. The van der Waals surface area contributed by atoms with Crippen LogP contribution in [0.15, 0.2) is 56.8 Å². The molecule has 0 aliphatic carbocycles. The average molecular weight is 461 g/mol. The van der Waals surface area contributed by atoms with Crippen molar-refractivity contribution in [3.05, 3.63) is 67.2 Å². The molecule has 1 atom stereocenters. The first kappa shape index (κ1) is 13.8. The Labute approximate surface area is 141 Å². The molecule has 0 spiro atoms. The largest absolute Gasteiger partial charge is 0.132 e. The molecule has 0 radical (unpaired) electrons. The van der Waals surface area contributed by atoms with Crippen LogP contribution in [0.4, 0.5) is 0 Å². The smallest absolute Gasteiger partial charge is 0.0738 e. The summed E-state index contributed by atoms with van der Waals surface area (Å²) in [6, 6.07) is 17.2. The molecule has 96 valence electrons. The SMILES string of the molecule is Brc1ccc2cc(C(Br)c3ccc(Br)s3)ccc2c1. The van der Waals surface area contributed by atoms with Crippen molar-refractivity contribution in [3.63, 3.8) is 0 Å². The van der Waals surface area contributed by atoms with Gasteiger partial charge in [-0.25, -0.2) is 0 Å². The highest BCUT2D eigenvalue weighted by atomic mass is 79.9. The summed E-state index contributed by atoms with van der Waals surface area (Å²) >= 11 is 12.6. The molecule has 0 bridgehead atoms. The summed E-state index contributed by atoms with van der Waals surface area (Å²) in [5.41, 5.74) is 1.28. The van der Waals surface area contributed by atoms with E-state index in [0.717, 1.165) is 8.26 Å². The fourth-order valence-corrected chi connectivity index (χ4v) is 4.55. The van der Waals surface area contributed by atoms with Crippen LogP contribution in [0.3, 0.4) is 0 Å². The van der Waals surface area contributed by atoms with Crippen molar-refractivity contribution in [2.24, 2.45) is 0 Å². The summed E-state index contributed by atoms with van der Waals surface area (Å²) in [4.78, 5) is 1.56. The van der Waals surface area contributed by atoms with Gasteiger partial charge in [-0.2, -0.15) is 0 Å². The summed E-state index contributed by atoms with van der Waals surface area (Å²) in [5, 5.41) is 2.52. The number of rotatable bonds is 2. The van der Waals surface area contributed by atoms with Crippen LogP contribution in [-0.4, -0.2) is 0 Å². The number of fused-ring (bicyclic) bond motifs is 1. The Balaban J connectivity index is 2.03. The maximum Gasteiger partial charge on any atom is 0.0738 e.